The maximum atomic E-state index is 12.8. The van der Waals surface area contributed by atoms with E-state index < -0.39 is 6.10 Å². The van der Waals surface area contributed by atoms with Crippen molar-refractivity contribution < 1.29 is 28.6 Å². The van der Waals surface area contributed by atoms with Crippen molar-refractivity contribution in [3.05, 3.63) is 60.8 Å². The van der Waals surface area contributed by atoms with Crippen molar-refractivity contribution in [1.82, 2.24) is 0 Å². The summed E-state index contributed by atoms with van der Waals surface area (Å²) in [6.07, 6.45) is 63.5. The van der Waals surface area contributed by atoms with Gasteiger partial charge in [0.05, 0.1) is 0 Å². The molecule has 0 radical (unpaired) electrons. The molecule has 6 heteroatoms. The van der Waals surface area contributed by atoms with E-state index in [4.69, 9.17) is 14.2 Å². The molecule has 0 N–H and O–H groups in total. The van der Waals surface area contributed by atoms with E-state index in [0.717, 1.165) is 70.6 Å². The predicted molar refractivity (Wildman–Crippen MR) is 270 cm³/mol. The van der Waals surface area contributed by atoms with Crippen molar-refractivity contribution in [3.63, 3.8) is 0 Å². The lowest BCUT2D eigenvalue weighted by Gasteiger charge is -2.18. The summed E-state index contributed by atoms with van der Waals surface area (Å²) in [7, 11) is 0. The van der Waals surface area contributed by atoms with E-state index in [1.54, 1.807) is 0 Å². The predicted octanol–water partition coefficient (Wildman–Crippen LogP) is 17.6. The third-order valence-corrected chi connectivity index (χ3v) is 11.6. The molecule has 0 spiro atoms. The summed E-state index contributed by atoms with van der Waals surface area (Å²) in [5.41, 5.74) is 0. The summed E-state index contributed by atoms with van der Waals surface area (Å²) in [5, 5.41) is 0. The lowest BCUT2D eigenvalue weighted by Crippen LogP contribution is -2.30. The van der Waals surface area contributed by atoms with Gasteiger partial charge in [0.1, 0.15) is 13.2 Å². The van der Waals surface area contributed by atoms with Gasteiger partial charge in [0.2, 0.25) is 0 Å². The van der Waals surface area contributed by atoms with Gasteiger partial charge < -0.3 is 14.2 Å². The van der Waals surface area contributed by atoms with Gasteiger partial charge in [-0.25, -0.2) is 0 Å². The molecule has 0 rings (SSSR count). The van der Waals surface area contributed by atoms with Crippen molar-refractivity contribution in [1.29, 1.82) is 0 Å². The summed E-state index contributed by atoms with van der Waals surface area (Å²) in [4.78, 5) is 38.0. The number of hydrogen-bond donors (Lipinski definition) is 0. The molecular weight excluding hydrogens is 781 g/mol. The largest absolute Gasteiger partial charge is 0.462 e. The van der Waals surface area contributed by atoms with Gasteiger partial charge in [-0.2, -0.15) is 0 Å². The van der Waals surface area contributed by atoms with Gasteiger partial charge in [-0.1, -0.05) is 242 Å². The van der Waals surface area contributed by atoms with E-state index in [2.05, 4.69) is 45.1 Å². The molecule has 0 bridgehead atoms. The van der Waals surface area contributed by atoms with Crippen LogP contribution in [-0.4, -0.2) is 37.2 Å². The van der Waals surface area contributed by atoms with Crippen molar-refractivity contribution >= 4 is 17.9 Å². The Morgan fingerprint density at radius 1 is 0.333 bits per heavy atom. The first kappa shape index (κ1) is 60.1. The molecule has 0 saturated carbocycles. The zero-order valence-corrected chi connectivity index (χ0v) is 41.6. The molecule has 0 aromatic rings. The lowest BCUT2D eigenvalue weighted by molar-refractivity contribution is -0.167. The van der Waals surface area contributed by atoms with E-state index in [1.165, 1.54) is 154 Å². The molecule has 0 fully saturated rings. The monoisotopic (exact) mass is 881 g/mol. The Morgan fingerprint density at radius 2 is 0.635 bits per heavy atom. The van der Waals surface area contributed by atoms with Crippen LogP contribution in [0.3, 0.4) is 0 Å². The summed E-state index contributed by atoms with van der Waals surface area (Å²) in [6.45, 7) is 6.47. The standard InChI is InChI=1S/C57H100O6/c1-4-7-10-13-16-19-22-25-26-27-28-29-30-33-35-38-41-44-47-50-56(59)62-53-54(63-57(60)51-48-45-42-39-36-32-24-21-18-15-12-9-6-3)52-61-55(58)49-46-43-40-37-34-31-23-20-17-14-11-8-5-2/h9,12,15,18,21,24,27-28,32,36,54H,4-8,10-11,13-14,16-17,19-20,22-23,25-26,29-31,33-35,37-53H2,1-3H3/b12-9+,18-15+,24-21+,28-27+,36-32+. The average molecular weight is 881 g/mol. The van der Waals surface area contributed by atoms with E-state index in [9.17, 15) is 14.4 Å². The van der Waals surface area contributed by atoms with Gasteiger partial charge in [0, 0.05) is 19.3 Å². The minimum absolute atomic E-state index is 0.0895. The van der Waals surface area contributed by atoms with Crippen LogP contribution in [0.5, 0.6) is 0 Å². The van der Waals surface area contributed by atoms with Crippen molar-refractivity contribution in [2.75, 3.05) is 13.2 Å². The first-order chi connectivity index (χ1) is 31.0. The van der Waals surface area contributed by atoms with E-state index in [1.807, 2.05) is 36.5 Å². The number of ether oxygens (including phenoxy) is 3. The van der Waals surface area contributed by atoms with Crippen LogP contribution in [0.2, 0.25) is 0 Å². The van der Waals surface area contributed by atoms with Crippen LogP contribution in [0.1, 0.15) is 265 Å². The average Bonchev–Trinajstić information content (AvgIpc) is 3.28. The first-order valence-electron chi connectivity index (χ1n) is 26.8. The van der Waals surface area contributed by atoms with Gasteiger partial charge >= 0.3 is 17.9 Å². The number of carbonyl (C=O) groups is 3. The molecule has 0 aliphatic rings. The molecule has 1 unspecified atom stereocenters. The summed E-state index contributed by atoms with van der Waals surface area (Å²) < 4.78 is 16.8. The number of hydrogen-bond acceptors (Lipinski definition) is 6. The number of unbranched alkanes of at least 4 members (excludes halogenated alkanes) is 30. The van der Waals surface area contributed by atoms with Crippen LogP contribution in [0.4, 0.5) is 0 Å². The minimum Gasteiger partial charge on any atom is -0.462 e. The molecule has 0 aromatic heterocycles. The normalized spacial score (nSPS) is 12.5. The van der Waals surface area contributed by atoms with Crippen LogP contribution < -0.4 is 0 Å². The SMILES string of the molecule is CC/C=C/C=C/C=C/C=C/CCCCCC(=O)OC(COC(=O)CCCCCCCCC/C=C/CCCCCCCCCC)COC(=O)CCCCCCCCCCCCCCC. The van der Waals surface area contributed by atoms with Crippen LogP contribution in [0.25, 0.3) is 0 Å². The second kappa shape index (κ2) is 51.7. The van der Waals surface area contributed by atoms with E-state index in [-0.39, 0.29) is 37.5 Å². The maximum Gasteiger partial charge on any atom is 0.306 e. The maximum absolute atomic E-state index is 12.8. The second-order valence-corrected chi connectivity index (χ2v) is 17.9. The fraction of sp³-hybridized carbons (Fsp3) is 0.772. The third-order valence-electron chi connectivity index (χ3n) is 11.6. The number of allylic oxidation sites excluding steroid dienone is 10. The Balaban J connectivity index is 4.37. The van der Waals surface area contributed by atoms with Crippen LogP contribution >= 0.6 is 0 Å². The van der Waals surface area contributed by atoms with Crippen LogP contribution in [0.15, 0.2) is 60.8 Å². The zero-order chi connectivity index (χ0) is 45.8. The fourth-order valence-electron chi connectivity index (χ4n) is 7.57. The molecule has 364 valence electrons. The molecule has 0 heterocycles. The minimum atomic E-state index is -0.793. The van der Waals surface area contributed by atoms with Gasteiger partial charge in [-0.15, -0.1) is 0 Å². The topological polar surface area (TPSA) is 78.9 Å². The summed E-state index contributed by atoms with van der Waals surface area (Å²) in [5.74, 6) is -0.926. The van der Waals surface area contributed by atoms with E-state index in [0.29, 0.717) is 12.8 Å². The first-order valence-corrected chi connectivity index (χ1v) is 26.8. The van der Waals surface area contributed by atoms with E-state index >= 15 is 0 Å². The van der Waals surface area contributed by atoms with Crippen LogP contribution in [-0.2, 0) is 28.6 Å². The highest BCUT2D eigenvalue weighted by molar-refractivity contribution is 5.71. The van der Waals surface area contributed by atoms with Gasteiger partial charge in [-0.05, 0) is 64.2 Å². The van der Waals surface area contributed by atoms with Gasteiger partial charge in [-0.3, -0.25) is 14.4 Å². The third kappa shape index (κ3) is 50.0. The quantitative estimate of drug-likeness (QED) is 0.0199. The number of esters is 3. The highest BCUT2D eigenvalue weighted by Crippen LogP contribution is 2.15. The Kier molecular flexibility index (Phi) is 49.4. The molecule has 0 saturated heterocycles. The Hall–Kier alpha value is -2.89. The number of carbonyl (C=O) groups excluding carboxylic acids is 3. The Morgan fingerprint density at radius 3 is 1.03 bits per heavy atom. The Labute approximate surface area is 390 Å². The highest BCUT2D eigenvalue weighted by atomic mass is 16.6. The van der Waals surface area contributed by atoms with Crippen LogP contribution in [0, 0.1) is 0 Å². The molecule has 63 heavy (non-hydrogen) atoms. The molecule has 0 aliphatic carbocycles. The molecule has 0 aliphatic heterocycles. The number of rotatable bonds is 48. The molecule has 6 nitrogen and oxygen atoms in total. The lowest BCUT2D eigenvalue weighted by atomic mass is 10.0. The second-order valence-electron chi connectivity index (χ2n) is 17.9. The van der Waals surface area contributed by atoms with Gasteiger partial charge in [0.25, 0.3) is 0 Å². The zero-order valence-electron chi connectivity index (χ0n) is 41.6. The molecular formula is C57H100O6. The van der Waals surface area contributed by atoms with Crippen molar-refractivity contribution in [2.45, 2.75) is 271 Å². The van der Waals surface area contributed by atoms with Crippen molar-refractivity contribution in [3.8, 4) is 0 Å². The van der Waals surface area contributed by atoms with Gasteiger partial charge in [0.15, 0.2) is 6.10 Å². The molecule has 1 atom stereocenters. The highest BCUT2D eigenvalue weighted by Gasteiger charge is 2.19. The van der Waals surface area contributed by atoms with Crippen molar-refractivity contribution in [2.24, 2.45) is 0 Å². The molecule has 0 aromatic carbocycles. The smallest absolute Gasteiger partial charge is 0.306 e. The summed E-state index contributed by atoms with van der Waals surface area (Å²) >= 11 is 0. The molecule has 0 amide bonds. The fourth-order valence-corrected chi connectivity index (χ4v) is 7.57. The summed E-state index contributed by atoms with van der Waals surface area (Å²) in [6, 6.07) is 0. The Bertz CT molecular complexity index is 1150.